The third kappa shape index (κ3) is 6.43. The molecule has 0 aliphatic heterocycles. The molecule has 0 aliphatic rings. The first-order chi connectivity index (χ1) is 6.99. The molecular formula is C10H23N3O2. The van der Waals surface area contributed by atoms with Gasteiger partial charge in [0, 0.05) is 0 Å². The highest BCUT2D eigenvalue weighted by atomic mass is 16.4. The van der Waals surface area contributed by atoms with Gasteiger partial charge in [-0.05, 0) is 53.6 Å². The molecule has 0 aromatic rings. The Labute approximate surface area is 91.8 Å². The second kappa shape index (κ2) is 7.62. The number of nitrogens with zero attached hydrogens (tertiary/aromatic N) is 2. The molecule has 1 unspecified atom stereocenters. The molecule has 0 amide bonds. The van der Waals surface area contributed by atoms with Crippen LogP contribution in [0.4, 0.5) is 0 Å². The molecule has 0 aromatic heterocycles. The topological polar surface area (TPSA) is 69.8 Å². The predicted molar refractivity (Wildman–Crippen MR) is 60.9 cm³/mol. The molecule has 0 aromatic carbocycles. The van der Waals surface area contributed by atoms with Gasteiger partial charge in [-0.1, -0.05) is 0 Å². The van der Waals surface area contributed by atoms with E-state index in [1.165, 1.54) is 0 Å². The second-order valence-electron chi connectivity index (χ2n) is 4.07. The monoisotopic (exact) mass is 217 g/mol. The first-order valence-electron chi connectivity index (χ1n) is 5.27. The molecule has 0 fully saturated rings. The molecule has 0 spiro atoms. The Morgan fingerprint density at radius 2 is 1.93 bits per heavy atom. The summed E-state index contributed by atoms with van der Waals surface area (Å²) in [6.45, 7) is 2.17. The summed E-state index contributed by atoms with van der Waals surface area (Å²) >= 11 is 0. The van der Waals surface area contributed by atoms with Crippen LogP contribution in [-0.4, -0.2) is 67.7 Å². The van der Waals surface area contributed by atoms with Crippen LogP contribution >= 0.6 is 0 Å². The Bertz CT molecular complexity index is 186. The van der Waals surface area contributed by atoms with Gasteiger partial charge >= 0.3 is 5.97 Å². The number of carboxylic acid groups (broad SMARTS) is 1. The molecule has 0 bridgehead atoms. The molecule has 0 saturated carbocycles. The summed E-state index contributed by atoms with van der Waals surface area (Å²) in [4.78, 5) is 14.9. The average molecular weight is 217 g/mol. The van der Waals surface area contributed by atoms with E-state index in [4.69, 9.17) is 10.8 Å². The summed E-state index contributed by atoms with van der Waals surface area (Å²) in [5.41, 5.74) is 5.38. The van der Waals surface area contributed by atoms with E-state index in [-0.39, 0.29) is 0 Å². The van der Waals surface area contributed by atoms with E-state index in [0.29, 0.717) is 13.0 Å². The fraction of sp³-hybridized carbons (Fsp3) is 0.900. The third-order valence-electron chi connectivity index (χ3n) is 2.37. The van der Waals surface area contributed by atoms with E-state index >= 15 is 0 Å². The molecule has 5 nitrogen and oxygen atoms in total. The summed E-state index contributed by atoms with van der Waals surface area (Å²) in [6, 6.07) is -0.447. The van der Waals surface area contributed by atoms with Crippen LogP contribution in [-0.2, 0) is 4.79 Å². The van der Waals surface area contributed by atoms with Gasteiger partial charge in [0.05, 0.1) is 0 Å². The molecule has 0 radical (unpaired) electrons. The van der Waals surface area contributed by atoms with Crippen molar-refractivity contribution in [2.24, 2.45) is 5.73 Å². The van der Waals surface area contributed by atoms with Crippen LogP contribution in [0.15, 0.2) is 0 Å². The van der Waals surface area contributed by atoms with E-state index in [2.05, 4.69) is 4.90 Å². The highest BCUT2D eigenvalue weighted by Crippen LogP contribution is 2.02. The summed E-state index contributed by atoms with van der Waals surface area (Å²) in [7, 11) is 5.85. The van der Waals surface area contributed by atoms with Crippen molar-refractivity contribution in [3.8, 4) is 0 Å². The van der Waals surface area contributed by atoms with Crippen LogP contribution in [0.25, 0.3) is 0 Å². The van der Waals surface area contributed by atoms with Crippen molar-refractivity contribution in [2.45, 2.75) is 18.9 Å². The zero-order valence-electron chi connectivity index (χ0n) is 9.94. The lowest BCUT2D eigenvalue weighted by Gasteiger charge is -2.24. The quantitative estimate of drug-likeness (QED) is 0.583. The van der Waals surface area contributed by atoms with Gasteiger partial charge in [0.1, 0.15) is 6.04 Å². The fourth-order valence-corrected chi connectivity index (χ4v) is 1.48. The van der Waals surface area contributed by atoms with Gasteiger partial charge in [0.25, 0.3) is 0 Å². The normalized spacial score (nSPS) is 13.5. The van der Waals surface area contributed by atoms with Gasteiger partial charge in [-0.2, -0.15) is 0 Å². The zero-order chi connectivity index (χ0) is 11.8. The lowest BCUT2D eigenvalue weighted by Crippen LogP contribution is -2.41. The number of hydrogen-bond acceptors (Lipinski definition) is 4. The summed E-state index contributed by atoms with van der Waals surface area (Å²) in [5, 5.41) is 8.98. The first kappa shape index (κ1) is 14.3. The molecular weight excluding hydrogens is 194 g/mol. The van der Waals surface area contributed by atoms with Crippen LogP contribution < -0.4 is 5.73 Å². The van der Waals surface area contributed by atoms with E-state index in [0.717, 1.165) is 19.5 Å². The predicted octanol–water partition coefficient (Wildman–Crippen LogP) is -0.328. The Hall–Kier alpha value is -0.650. The molecule has 0 saturated heterocycles. The Morgan fingerprint density at radius 3 is 2.33 bits per heavy atom. The number of aliphatic carboxylic acids is 1. The molecule has 15 heavy (non-hydrogen) atoms. The van der Waals surface area contributed by atoms with Gasteiger partial charge in [-0.15, -0.1) is 0 Å². The summed E-state index contributed by atoms with van der Waals surface area (Å²) in [6.07, 6.45) is 1.48. The largest absolute Gasteiger partial charge is 0.480 e. The van der Waals surface area contributed by atoms with Crippen molar-refractivity contribution in [1.82, 2.24) is 9.80 Å². The molecule has 1 atom stereocenters. The molecule has 3 N–H and O–H groups in total. The minimum Gasteiger partial charge on any atom is -0.480 e. The molecule has 0 aliphatic carbocycles. The average Bonchev–Trinajstić information content (AvgIpc) is 2.12. The summed E-state index contributed by atoms with van der Waals surface area (Å²) < 4.78 is 0. The number of likely N-dealkylation sites (N-methyl/N-ethyl adjacent to an activating group) is 1. The van der Waals surface area contributed by atoms with Gasteiger partial charge in [-0.3, -0.25) is 9.69 Å². The maximum Gasteiger partial charge on any atom is 0.320 e. The smallest absolute Gasteiger partial charge is 0.320 e. The van der Waals surface area contributed by atoms with Crippen molar-refractivity contribution in [3.63, 3.8) is 0 Å². The number of carboxylic acids is 1. The Kier molecular flexibility index (Phi) is 7.29. The summed E-state index contributed by atoms with van der Waals surface area (Å²) in [5.74, 6) is -0.784. The van der Waals surface area contributed by atoms with Crippen molar-refractivity contribution >= 4 is 5.97 Å². The maximum absolute atomic E-state index is 10.9. The Morgan fingerprint density at radius 1 is 1.33 bits per heavy atom. The third-order valence-corrected chi connectivity index (χ3v) is 2.37. The van der Waals surface area contributed by atoms with Crippen molar-refractivity contribution in [3.05, 3.63) is 0 Å². The SMILES string of the molecule is CN(C)CCCN(C)C(CCN)C(=O)O. The van der Waals surface area contributed by atoms with Crippen LogP contribution in [0.5, 0.6) is 0 Å². The van der Waals surface area contributed by atoms with E-state index in [1.54, 1.807) is 0 Å². The molecule has 0 heterocycles. The standard InChI is InChI=1S/C10H23N3O2/c1-12(2)7-4-8-13(3)9(5-6-11)10(14)15/h9H,4-8,11H2,1-3H3,(H,14,15). The highest BCUT2D eigenvalue weighted by molar-refractivity contribution is 5.73. The number of rotatable bonds is 8. The van der Waals surface area contributed by atoms with E-state index < -0.39 is 12.0 Å². The van der Waals surface area contributed by atoms with Crippen molar-refractivity contribution in [2.75, 3.05) is 40.8 Å². The maximum atomic E-state index is 10.9. The molecule has 0 rings (SSSR count). The Balaban J connectivity index is 3.91. The van der Waals surface area contributed by atoms with Gasteiger partial charge in [-0.25, -0.2) is 0 Å². The first-order valence-corrected chi connectivity index (χ1v) is 5.27. The van der Waals surface area contributed by atoms with Crippen molar-refractivity contribution < 1.29 is 9.90 Å². The van der Waals surface area contributed by atoms with Crippen LogP contribution in [0.3, 0.4) is 0 Å². The lowest BCUT2D eigenvalue weighted by atomic mass is 10.2. The van der Waals surface area contributed by atoms with Crippen molar-refractivity contribution in [1.29, 1.82) is 0 Å². The fourth-order valence-electron chi connectivity index (χ4n) is 1.48. The highest BCUT2D eigenvalue weighted by Gasteiger charge is 2.20. The number of carbonyl (C=O) groups is 1. The molecule has 5 heteroatoms. The van der Waals surface area contributed by atoms with Gasteiger partial charge in [0.15, 0.2) is 0 Å². The van der Waals surface area contributed by atoms with Crippen LogP contribution in [0.2, 0.25) is 0 Å². The minimum atomic E-state index is -0.784. The minimum absolute atomic E-state index is 0.412. The van der Waals surface area contributed by atoms with Gasteiger partial charge in [0.2, 0.25) is 0 Å². The number of hydrogen-bond donors (Lipinski definition) is 2. The van der Waals surface area contributed by atoms with Crippen LogP contribution in [0.1, 0.15) is 12.8 Å². The second-order valence-corrected chi connectivity index (χ2v) is 4.07. The zero-order valence-corrected chi connectivity index (χ0v) is 9.94. The van der Waals surface area contributed by atoms with Gasteiger partial charge < -0.3 is 15.7 Å². The lowest BCUT2D eigenvalue weighted by molar-refractivity contribution is -0.143. The van der Waals surface area contributed by atoms with Crippen LogP contribution in [0, 0.1) is 0 Å². The van der Waals surface area contributed by atoms with E-state index in [9.17, 15) is 4.79 Å². The molecule has 90 valence electrons. The van der Waals surface area contributed by atoms with E-state index in [1.807, 2.05) is 26.0 Å². The number of nitrogens with two attached hydrogens (primary N) is 1.